The molecule has 0 radical (unpaired) electrons. The molecule has 1 aliphatic heterocycles. The minimum Gasteiger partial charge on any atom is -0.465 e. The van der Waals surface area contributed by atoms with Crippen LogP contribution in [0.25, 0.3) is 10.9 Å². The van der Waals surface area contributed by atoms with Gasteiger partial charge in [0.2, 0.25) is 5.91 Å². The molecule has 2 aliphatic rings. The number of H-pyrrole nitrogens is 1. The monoisotopic (exact) mass is 399 g/mol. The van der Waals surface area contributed by atoms with E-state index in [4.69, 9.17) is 4.74 Å². The highest BCUT2D eigenvalue weighted by Crippen LogP contribution is 2.61. The van der Waals surface area contributed by atoms with E-state index in [1.165, 1.54) is 11.8 Å². The third-order valence-electron chi connectivity index (χ3n) is 5.37. The van der Waals surface area contributed by atoms with E-state index in [0.717, 1.165) is 16.6 Å². The average Bonchev–Trinajstić information content (AvgIpc) is 3.11. The Balaban J connectivity index is 1.50. The van der Waals surface area contributed by atoms with Crippen molar-refractivity contribution in [1.29, 1.82) is 5.26 Å². The number of carbonyl (C=O) groups excluding carboxylic acids is 2. The lowest BCUT2D eigenvalue weighted by Crippen LogP contribution is -2.47. The zero-order chi connectivity index (χ0) is 19.9. The number of rotatable bonds is 6. The van der Waals surface area contributed by atoms with Gasteiger partial charge in [-0.2, -0.15) is 10.4 Å². The fourth-order valence-electron chi connectivity index (χ4n) is 3.90. The normalized spacial score (nSPS) is 28.5. The van der Waals surface area contributed by atoms with Gasteiger partial charge in [0.1, 0.15) is 5.25 Å². The molecule has 1 aliphatic carbocycles. The number of fused-ring (bicyclic) bond motifs is 2. The van der Waals surface area contributed by atoms with Gasteiger partial charge in [-0.3, -0.25) is 14.7 Å². The molecule has 2 N–H and O–H groups in total. The summed E-state index contributed by atoms with van der Waals surface area (Å²) in [7, 11) is 0. The summed E-state index contributed by atoms with van der Waals surface area (Å²) in [5.41, 5.74) is 0.580. The van der Waals surface area contributed by atoms with Gasteiger partial charge in [0.25, 0.3) is 0 Å². The van der Waals surface area contributed by atoms with Crippen LogP contribution in [0, 0.1) is 16.7 Å². The predicted molar refractivity (Wildman–Crippen MR) is 106 cm³/mol. The second kappa shape index (κ2) is 7.02. The van der Waals surface area contributed by atoms with Gasteiger partial charge in [0, 0.05) is 24.2 Å². The lowest BCUT2D eigenvalue weighted by atomic mass is 10.1. The molecule has 1 amide bonds. The van der Waals surface area contributed by atoms with Gasteiger partial charge in [-0.25, -0.2) is 0 Å². The van der Waals surface area contributed by atoms with E-state index in [0.29, 0.717) is 13.1 Å². The van der Waals surface area contributed by atoms with Crippen LogP contribution in [0.2, 0.25) is 0 Å². The van der Waals surface area contributed by atoms with Crippen LogP contribution in [0.15, 0.2) is 24.4 Å². The fourth-order valence-corrected chi connectivity index (χ4v) is 5.62. The minimum atomic E-state index is -1.25. The molecule has 1 aromatic carbocycles. The molecule has 0 bridgehead atoms. The number of nitrogens with one attached hydrogen (secondary N) is 2. The van der Waals surface area contributed by atoms with Crippen molar-refractivity contribution < 1.29 is 14.3 Å². The third-order valence-corrected chi connectivity index (χ3v) is 6.99. The molecule has 4 rings (SSSR count). The molecule has 28 heavy (non-hydrogen) atoms. The molecular weight excluding hydrogens is 378 g/mol. The van der Waals surface area contributed by atoms with Crippen molar-refractivity contribution in [3.8, 4) is 6.07 Å². The summed E-state index contributed by atoms with van der Waals surface area (Å²) in [4.78, 5) is 27.1. The van der Waals surface area contributed by atoms with E-state index in [-0.39, 0.29) is 23.0 Å². The highest BCUT2D eigenvalue weighted by molar-refractivity contribution is 8.01. The molecule has 146 valence electrons. The van der Waals surface area contributed by atoms with Crippen LogP contribution >= 0.6 is 11.8 Å². The van der Waals surface area contributed by atoms with Crippen LogP contribution in [0.5, 0.6) is 0 Å². The number of nitrogens with zero attached hydrogens (tertiary/aromatic N) is 3. The largest absolute Gasteiger partial charge is 0.465 e. The Bertz CT molecular complexity index is 970. The second-order valence-corrected chi connectivity index (χ2v) is 8.22. The molecule has 8 nitrogen and oxygen atoms in total. The number of nitriles is 1. The Morgan fingerprint density at radius 1 is 1.50 bits per heavy atom. The highest BCUT2D eigenvalue weighted by atomic mass is 32.2. The summed E-state index contributed by atoms with van der Waals surface area (Å²) in [5, 5.41) is 20.3. The first-order valence-corrected chi connectivity index (χ1v) is 10.2. The van der Waals surface area contributed by atoms with E-state index >= 15 is 0 Å². The minimum absolute atomic E-state index is 0.0490. The molecule has 4 unspecified atom stereocenters. The zero-order valence-electron chi connectivity index (χ0n) is 15.6. The number of hydrogen-bond donors (Lipinski definition) is 2. The Hall–Kier alpha value is -2.73. The van der Waals surface area contributed by atoms with E-state index in [1.54, 1.807) is 18.0 Å². The molecule has 2 fully saturated rings. The second-order valence-electron chi connectivity index (χ2n) is 6.87. The van der Waals surface area contributed by atoms with Crippen molar-refractivity contribution in [3.63, 3.8) is 0 Å². The maximum Gasteiger partial charge on any atom is 0.329 e. The van der Waals surface area contributed by atoms with Crippen molar-refractivity contribution >= 4 is 40.2 Å². The fraction of sp³-hybridized carbons (Fsp3) is 0.474. The van der Waals surface area contributed by atoms with E-state index in [2.05, 4.69) is 21.6 Å². The van der Waals surface area contributed by atoms with Gasteiger partial charge < -0.3 is 15.0 Å². The molecule has 1 saturated heterocycles. The summed E-state index contributed by atoms with van der Waals surface area (Å²) in [6.45, 7) is 4.67. The molecule has 0 spiro atoms. The first kappa shape index (κ1) is 18.6. The van der Waals surface area contributed by atoms with Crippen molar-refractivity contribution in [3.05, 3.63) is 24.4 Å². The molecule has 1 aromatic heterocycles. The van der Waals surface area contributed by atoms with Gasteiger partial charge >= 0.3 is 5.97 Å². The number of benzene rings is 1. The molecule has 9 heteroatoms. The van der Waals surface area contributed by atoms with Crippen LogP contribution in [-0.4, -0.2) is 63.2 Å². The number of aromatic amines is 1. The Morgan fingerprint density at radius 3 is 3.04 bits per heavy atom. The van der Waals surface area contributed by atoms with Crippen molar-refractivity contribution in [2.75, 3.05) is 25.0 Å². The van der Waals surface area contributed by atoms with E-state index in [9.17, 15) is 14.9 Å². The highest BCUT2D eigenvalue weighted by Gasteiger charge is 2.77. The Labute approximate surface area is 166 Å². The molecule has 4 atom stereocenters. The SMILES string of the molecule is CCOC(=O)C1(C#N)C2SC(CNc3ccc4[nH]ncc4c3)C(=O)N(CC)C21. The van der Waals surface area contributed by atoms with Crippen LogP contribution in [0.3, 0.4) is 0 Å². The lowest BCUT2D eigenvalue weighted by Gasteiger charge is -2.30. The van der Waals surface area contributed by atoms with Crippen LogP contribution in [0.4, 0.5) is 5.69 Å². The lowest BCUT2D eigenvalue weighted by molar-refractivity contribution is -0.148. The van der Waals surface area contributed by atoms with Gasteiger partial charge in [-0.05, 0) is 32.0 Å². The molecular formula is C19H21N5O3S. The number of thioether (sulfide) groups is 1. The first-order chi connectivity index (χ1) is 13.6. The molecule has 1 saturated carbocycles. The van der Waals surface area contributed by atoms with Crippen LogP contribution in [0.1, 0.15) is 13.8 Å². The maximum absolute atomic E-state index is 13.0. The summed E-state index contributed by atoms with van der Waals surface area (Å²) < 4.78 is 5.14. The van der Waals surface area contributed by atoms with Crippen molar-refractivity contribution in [2.24, 2.45) is 5.41 Å². The number of carbonyl (C=O) groups is 2. The van der Waals surface area contributed by atoms with E-state index in [1.807, 2.05) is 25.1 Å². The van der Waals surface area contributed by atoms with Gasteiger partial charge in [0.05, 0.1) is 35.7 Å². The summed E-state index contributed by atoms with van der Waals surface area (Å²) >= 11 is 1.40. The quantitative estimate of drug-likeness (QED) is 0.712. The topological polar surface area (TPSA) is 111 Å². The smallest absolute Gasteiger partial charge is 0.329 e. The number of amides is 1. The summed E-state index contributed by atoms with van der Waals surface area (Å²) in [6, 6.07) is 7.57. The van der Waals surface area contributed by atoms with Gasteiger partial charge in [-0.15, -0.1) is 11.8 Å². The number of aromatic nitrogens is 2. The average molecular weight is 399 g/mol. The van der Waals surface area contributed by atoms with E-state index < -0.39 is 17.4 Å². The van der Waals surface area contributed by atoms with Gasteiger partial charge in [0.15, 0.2) is 5.41 Å². The van der Waals surface area contributed by atoms with Gasteiger partial charge in [-0.1, -0.05) is 0 Å². The standard InChI is InChI=1S/C19H21N5O3S/c1-3-24-15-16(19(15,10-20)18(26)27-4-2)28-14(17(24)25)9-21-12-5-6-13-11(7-12)8-22-23-13/h5-8,14-16,21H,3-4,9H2,1-2H3,(H,22,23). The number of ether oxygens (including phenoxy) is 1. The number of hydrogen-bond acceptors (Lipinski definition) is 7. The molecule has 2 aromatic rings. The summed E-state index contributed by atoms with van der Waals surface area (Å²) in [5.74, 6) is -0.572. The van der Waals surface area contributed by atoms with Crippen LogP contribution < -0.4 is 5.32 Å². The number of esters is 1. The molecule has 2 heterocycles. The Kier molecular flexibility index (Phi) is 4.67. The predicted octanol–water partition coefficient (Wildman–Crippen LogP) is 1.76. The third kappa shape index (κ3) is 2.71. The van der Waals surface area contributed by atoms with Crippen molar-refractivity contribution in [1.82, 2.24) is 15.1 Å². The first-order valence-electron chi connectivity index (χ1n) is 9.28. The maximum atomic E-state index is 13.0. The van der Waals surface area contributed by atoms with Crippen molar-refractivity contribution in [2.45, 2.75) is 30.4 Å². The zero-order valence-corrected chi connectivity index (χ0v) is 16.5. The summed E-state index contributed by atoms with van der Waals surface area (Å²) in [6.07, 6.45) is 1.75. The van der Waals surface area contributed by atoms with Crippen LogP contribution in [-0.2, 0) is 14.3 Å². The Morgan fingerprint density at radius 2 is 2.32 bits per heavy atom. The number of anilines is 1.